The second kappa shape index (κ2) is 11.5. The van der Waals surface area contributed by atoms with E-state index in [1.54, 1.807) is 13.3 Å². The van der Waals surface area contributed by atoms with E-state index in [1.807, 2.05) is 18.2 Å². The van der Waals surface area contributed by atoms with Crippen molar-refractivity contribution >= 4 is 38.6 Å². The Labute approximate surface area is 209 Å². The van der Waals surface area contributed by atoms with Crippen molar-refractivity contribution in [3.63, 3.8) is 0 Å². The molecule has 2 aliphatic rings. The first kappa shape index (κ1) is 24.3. The van der Waals surface area contributed by atoms with Crippen LogP contribution in [0.3, 0.4) is 0 Å². The van der Waals surface area contributed by atoms with Crippen LogP contribution in [0.1, 0.15) is 31.4 Å². The molecule has 0 amide bonds. The zero-order valence-corrected chi connectivity index (χ0v) is 21.0. The first-order valence-corrected chi connectivity index (χ1v) is 13.2. The molecule has 0 spiro atoms. The lowest BCUT2D eigenvalue weighted by Gasteiger charge is -2.34. The molecule has 1 saturated heterocycles. The van der Waals surface area contributed by atoms with Crippen molar-refractivity contribution in [2.45, 2.75) is 44.4 Å². The lowest BCUT2D eigenvalue weighted by Crippen LogP contribution is -2.46. The second-order valence-corrected chi connectivity index (χ2v) is 10.3. The van der Waals surface area contributed by atoms with Gasteiger partial charge in [-0.3, -0.25) is 9.80 Å². The molecule has 10 nitrogen and oxygen atoms in total. The van der Waals surface area contributed by atoms with Crippen LogP contribution in [0.2, 0.25) is 0 Å². The van der Waals surface area contributed by atoms with Crippen molar-refractivity contribution < 1.29 is 9.84 Å². The van der Waals surface area contributed by atoms with Gasteiger partial charge in [-0.2, -0.15) is 4.98 Å². The maximum Gasteiger partial charge on any atom is 0.225 e. The van der Waals surface area contributed by atoms with Gasteiger partial charge in [-0.15, -0.1) is 0 Å². The molecule has 1 saturated carbocycles. The Hall–Kier alpha value is -2.44. The summed E-state index contributed by atoms with van der Waals surface area (Å²) in [6, 6.07) is 6.16. The third-order valence-electron chi connectivity index (χ3n) is 6.67. The SMILES string of the molecule is COCCN1CCN(Cc2cc(Nc3nc4cccnc4s3)nc(NC3CCC(O)CC3)n2)CC1. The molecule has 11 heteroatoms. The molecule has 3 aromatic rings. The number of nitrogens with one attached hydrogen (secondary N) is 2. The summed E-state index contributed by atoms with van der Waals surface area (Å²) in [6.07, 6.45) is 5.07. The van der Waals surface area contributed by atoms with Crippen LogP contribution in [0.5, 0.6) is 0 Å². The summed E-state index contributed by atoms with van der Waals surface area (Å²) < 4.78 is 5.22. The summed E-state index contributed by atoms with van der Waals surface area (Å²) >= 11 is 1.51. The van der Waals surface area contributed by atoms with E-state index in [4.69, 9.17) is 14.7 Å². The summed E-state index contributed by atoms with van der Waals surface area (Å²) in [5.74, 6) is 1.36. The molecule has 3 N–H and O–H groups in total. The molecule has 0 unspecified atom stereocenters. The number of pyridine rings is 1. The molecule has 3 aromatic heterocycles. The van der Waals surface area contributed by atoms with E-state index in [0.29, 0.717) is 5.95 Å². The molecule has 0 aromatic carbocycles. The molecule has 0 bridgehead atoms. The van der Waals surface area contributed by atoms with Crippen molar-refractivity contribution in [2.75, 3.05) is 57.1 Å². The average molecular weight is 499 g/mol. The molecule has 0 radical (unpaired) electrons. The van der Waals surface area contributed by atoms with E-state index in [-0.39, 0.29) is 12.1 Å². The van der Waals surface area contributed by atoms with Gasteiger partial charge < -0.3 is 20.5 Å². The number of methoxy groups -OCH3 is 1. The Balaban J connectivity index is 1.30. The van der Waals surface area contributed by atoms with E-state index in [9.17, 15) is 5.11 Å². The van der Waals surface area contributed by atoms with E-state index in [0.717, 1.165) is 98.5 Å². The number of aromatic nitrogens is 4. The first-order valence-electron chi connectivity index (χ1n) is 12.4. The lowest BCUT2D eigenvalue weighted by atomic mass is 9.93. The average Bonchev–Trinajstić information content (AvgIpc) is 3.27. The van der Waals surface area contributed by atoms with Crippen molar-refractivity contribution in [2.24, 2.45) is 0 Å². The number of hydrogen-bond donors (Lipinski definition) is 3. The first-order chi connectivity index (χ1) is 17.1. The Morgan fingerprint density at radius 2 is 1.89 bits per heavy atom. The smallest absolute Gasteiger partial charge is 0.225 e. The number of aliphatic hydroxyl groups excluding tert-OH is 1. The van der Waals surface area contributed by atoms with Crippen LogP contribution in [0.25, 0.3) is 10.3 Å². The Morgan fingerprint density at radius 3 is 2.66 bits per heavy atom. The molecule has 35 heavy (non-hydrogen) atoms. The van der Waals surface area contributed by atoms with Crippen LogP contribution in [0.4, 0.5) is 16.9 Å². The summed E-state index contributed by atoms with van der Waals surface area (Å²) in [5, 5.41) is 17.5. The second-order valence-electron chi connectivity index (χ2n) is 9.30. The number of piperazine rings is 1. The molecular formula is C24H34N8O2S. The number of hydrogen-bond acceptors (Lipinski definition) is 11. The fraction of sp³-hybridized carbons (Fsp3) is 0.583. The van der Waals surface area contributed by atoms with Gasteiger partial charge in [0.25, 0.3) is 0 Å². The predicted molar refractivity (Wildman–Crippen MR) is 138 cm³/mol. The van der Waals surface area contributed by atoms with E-state index in [2.05, 4.69) is 30.4 Å². The third kappa shape index (κ3) is 6.62. The van der Waals surface area contributed by atoms with Gasteiger partial charge >= 0.3 is 0 Å². The third-order valence-corrected chi connectivity index (χ3v) is 7.57. The minimum Gasteiger partial charge on any atom is -0.393 e. The van der Waals surface area contributed by atoms with Gasteiger partial charge in [0.1, 0.15) is 16.2 Å². The highest BCUT2D eigenvalue weighted by atomic mass is 32.1. The van der Waals surface area contributed by atoms with Crippen LogP contribution in [0.15, 0.2) is 24.4 Å². The number of nitrogens with zero attached hydrogens (tertiary/aromatic N) is 6. The topological polar surface area (TPSA) is 112 Å². The van der Waals surface area contributed by atoms with Crippen molar-refractivity contribution in [1.82, 2.24) is 29.7 Å². The Morgan fingerprint density at radius 1 is 1.09 bits per heavy atom. The summed E-state index contributed by atoms with van der Waals surface area (Å²) in [7, 11) is 1.75. The van der Waals surface area contributed by atoms with Gasteiger partial charge in [-0.1, -0.05) is 11.3 Å². The number of aliphatic hydroxyl groups is 1. The number of anilines is 3. The Kier molecular flexibility index (Phi) is 7.99. The highest BCUT2D eigenvalue weighted by Gasteiger charge is 2.22. The van der Waals surface area contributed by atoms with Crippen molar-refractivity contribution in [3.05, 3.63) is 30.1 Å². The van der Waals surface area contributed by atoms with Crippen molar-refractivity contribution in [3.8, 4) is 0 Å². The molecule has 4 heterocycles. The molecule has 1 aliphatic heterocycles. The molecule has 188 valence electrons. The lowest BCUT2D eigenvalue weighted by molar-refractivity contribution is 0.0932. The number of fused-ring (bicyclic) bond motifs is 1. The maximum absolute atomic E-state index is 9.86. The van der Waals surface area contributed by atoms with Gasteiger partial charge in [-0.05, 0) is 37.8 Å². The molecular weight excluding hydrogens is 464 g/mol. The van der Waals surface area contributed by atoms with Gasteiger partial charge in [0.2, 0.25) is 5.95 Å². The van der Waals surface area contributed by atoms with Gasteiger partial charge in [-0.25, -0.2) is 15.0 Å². The Bertz CT molecular complexity index is 1060. The van der Waals surface area contributed by atoms with Crippen LogP contribution in [-0.2, 0) is 11.3 Å². The minimum absolute atomic E-state index is 0.187. The summed E-state index contributed by atoms with van der Waals surface area (Å²) in [5.41, 5.74) is 1.85. The number of ether oxygens (including phenoxy) is 1. The minimum atomic E-state index is -0.187. The molecule has 0 atom stereocenters. The normalized spacial score (nSPS) is 21.9. The van der Waals surface area contributed by atoms with Crippen LogP contribution in [0, 0.1) is 0 Å². The fourth-order valence-electron chi connectivity index (χ4n) is 4.66. The number of rotatable bonds is 9. The van der Waals surface area contributed by atoms with Crippen LogP contribution >= 0.6 is 11.3 Å². The van der Waals surface area contributed by atoms with Crippen LogP contribution in [-0.4, -0.2) is 93.4 Å². The summed E-state index contributed by atoms with van der Waals surface area (Å²) in [6.45, 7) is 6.60. The highest BCUT2D eigenvalue weighted by molar-refractivity contribution is 7.21. The predicted octanol–water partition coefficient (Wildman–Crippen LogP) is 2.70. The fourth-order valence-corrected chi connectivity index (χ4v) is 5.48. The molecule has 1 aliphatic carbocycles. The quantitative estimate of drug-likeness (QED) is 0.407. The summed E-state index contributed by atoms with van der Waals surface area (Å²) in [4.78, 5) is 24.5. The van der Waals surface area contributed by atoms with E-state index >= 15 is 0 Å². The number of thiazole rings is 1. The zero-order valence-electron chi connectivity index (χ0n) is 20.2. The van der Waals surface area contributed by atoms with Crippen molar-refractivity contribution in [1.29, 1.82) is 0 Å². The maximum atomic E-state index is 9.86. The van der Waals surface area contributed by atoms with E-state index < -0.39 is 0 Å². The largest absolute Gasteiger partial charge is 0.393 e. The van der Waals surface area contributed by atoms with E-state index in [1.165, 1.54) is 11.3 Å². The standard InChI is InChI=1S/C24H34N8O2S/c1-34-14-13-31-9-11-32(12-10-31)16-18-15-21(30-24-28-20-3-2-8-25-22(20)35-24)29-23(27-18)26-17-4-6-19(33)7-5-17/h2-3,8,15,17,19,33H,4-7,9-14,16H2,1H3,(H2,26,27,28,29,30). The molecule has 2 fully saturated rings. The monoisotopic (exact) mass is 498 g/mol. The van der Waals surface area contributed by atoms with Crippen LogP contribution < -0.4 is 10.6 Å². The van der Waals surface area contributed by atoms with Gasteiger partial charge in [0, 0.05) is 64.7 Å². The van der Waals surface area contributed by atoms with Gasteiger partial charge in [0.15, 0.2) is 5.13 Å². The zero-order chi connectivity index (χ0) is 24.0. The molecule has 5 rings (SSSR count). The van der Waals surface area contributed by atoms with Gasteiger partial charge in [0.05, 0.1) is 18.4 Å². The highest BCUT2D eigenvalue weighted by Crippen LogP contribution is 2.27.